The lowest BCUT2D eigenvalue weighted by atomic mass is 10.2. The van der Waals surface area contributed by atoms with Crippen LogP contribution in [0.4, 0.5) is 5.69 Å². The van der Waals surface area contributed by atoms with Crippen molar-refractivity contribution in [3.8, 4) is 0 Å². The number of anilines is 1. The molecule has 1 amide bonds. The molecule has 0 aliphatic heterocycles. The van der Waals surface area contributed by atoms with Gasteiger partial charge in [-0.25, -0.2) is 0 Å². The lowest BCUT2D eigenvalue weighted by Gasteiger charge is -2.20. The fourth-order valence-corrected chi connectivity index (χ4v) is 1.68. The maximum Gasteiger partial charge on any atom is 0.274 e. The summed E-state index contributed by atoms with van der Waals surface area (Å²) in [5, 5.41) is 4.26. The fraction of sp³-hybridized carbons (Fsp3) is 0.667. The van der Waals surface area contributed by atoms with Crippen LogP contribution in [-0.4, -0.2) is 59.7 Å². The number of rotatable bonds is 5. The van der Waals surface area contributed by atoms with E-state index in [-0.39, 0.29) is 5.91 Å². The van der Waals surface area contributed by atoms with Crippen molar-refractivity contribution in [1.29, 1.82) is 0 Å². The van der Waals surface area contributed by atoms with Gasteiger partial charge in [-0.3, -0.25) is 9.48 Å². The van der Waals surface area contributed by atoms with Crippen molar-refractivity contribution < 1.29 is 4.79 Å². The topological polar surface area (TPSA) is 67.4 Å². The molecule has 6 nitrogen and oxygen atoms in total. The predicted octanol–water partition coefficient (Wildman–Crippen LogP) is 0.427. The van der Waals surface area contributed by atoms with Crippen molar-refractivity contribution >= 4 is 11.6 Å². The third-order valence-electron chi connectivity index (χ3n) is 2.91. The van der Waals surface area contributed by atoms with Crippen LogP contribution in [0, 0.1) is 6.92 Å². The zero-order valence-corrected chi connectivity index (χ0v) is 11.9. The van der Waals surface area contributed by atoms with Gasteiger partial charge in [0.25, 0.3) is 5.91 Å². The van der Waals surface area contributed by atoms with E-state index in [1.54, 1.807) is 16.6 Å². The number of nitrogen functional groups attached to an aromatic ring is 1. The highest BCUT2D eigenvalue weighted by atomic mass is 16.2. The summed E-state index contributed by atoms with van der Waals surface area (Å²) in [4.78, 5) is 16.1. The zero-order valence-electron chi connectivity index (χ0n) is 11.9. The van der Waals surface area contributed by atoms with Gasteiger partial charge in [-0.2, -0.15) is 5.10 Å². The third-order valence-corrected chi connectivity index (χ3v) is 2.91. The van der Waals surface area contributed by atoms with Crippen LogP contribution >= 0.6 is 0 Å². The van der Waals surface area contributed by atoms with Crippen LogP contribution < -0.4 is 5.73 Å². The van der Waals surface area contributed by atoms with E-state index in [0.717, 1.165) is 6.54 Å². The molecule has 0 aliphatic carbocycles. The maximum absolute atomic E-state index is 12.3. The first-order valence-corrected chi connectivity index (χ1v) is 6.11. The highest BCUT2D eigenvalue weighted by Gasteiger charge is 2.21. The van der Waals surface area contributed by atoms with Crippen molar-refractivity contribution in [2.75, 3.05) is 40.0 Å². The van der Waals surface area contributed by atoms with Gasteiger partial charge in [-0.1, -0.05) is 0 Å². The van der Waals surface area contributed by atoms with E-state index in [1.165, 1.54) is 0 Å². The first kappa shape index (κ1) is 14.5. The van der Waals surface area contributed by atoms with Crippen molar-refractivity contribution in [2.45, 2.75) is 20.4 Å². The molecule has 0 saturated carbocycles. The quantitative estimate of drug-likeness (QED) is 0.826. The number of carbonyl (C=O) groups excluding carboxylic acids is 1. The Balaban J connectivity index is 2.89. The number of carbonyl (C=O) groups is 1. The summed E-state index contributed by atoms with van der Waals surface area (Å²) < 4.78 is 1.67. The molecule has 0 saturated heterocycles. The van der Waals surface area contributed by atoms with Crippen molar-refractivity contribution in [3.05, 3.63) is 11.4 Å². The second kappa shape index (κ2) is 5.86. The molecule has 1 heterocycles. The molecule has 1 rings (SSSR count). The summed E-state index contributed by atoms with van der Waals surface area (Å²) >= 11 is 0. The first-order chi connectivity index (χ1) is 8.38. The highest BCUT2D eigenvalue weighted by Crippen LogP contribution is 2.17. The number of amides is 1. The van der Waals surface area contributed by atoms with Crippen LogP contribution in [0.2, 0.25) is 0 Å². The molecule has 0 radical (unpaired) electrons. The molecular formula is C12H23N5O. The van der Waals surface area contributed by atoms with Gasteiger partial charge in [-0.15, -0.1) is 0 Å². The van der Waals surface area contributed by atoms with Crippen LogP contribution in [0.15, 0.2) is 0 Å². The summed E-state index contributed by atoms with van der Waals surface area (Å²) in [6.45, 7) is 5.89. The van der Waals surface area contributed by atoms with Gasteiger partial charge < -0.3 is 15.5 Å². The van der Waals surface area contributed by atoms with Crippen LogP contribution in [0.5, 0.6) is 0 Å². The molecule has 1 aromatic rings. The van der Waals surface area contributed by atoms with E-state index in [9.17, 15) is 4.79 Å². The molecule has 2 N–H and O–H groups in total. The molecule has 18 heavy (non-hydrogen) atoms. The molecule has 0 unspecified atom stereocenters. The summed E-state index contributed by atoms with van der Waals surface area (Å²) in [5.41, 5.74) is 7.62. The second-order valence-electron chi connectivity index (χ2n) is 4.69. The van der Waals surface area contributed by atoms with E-state index in [1.807, 2.05) is 32.8 Å². The molecule has 0 aromatic carbocycles. The van der Waals surface area contributed by atoms with E-state index in [4.69, 9.17) is 5.73 Å². The minimum absolute atomic E-state index is 0.0724. The molecule has 0 atom stereocenters. The number of hydrogen-bond acceptors (Lipinski definition) is 4. The molecule has 0 fully saturated rings. The largest absolute Gasteiger partial charge is 0.395 e. The van der Waals surface area contributed by atoms with Crippen LogP contribution in [-0.2, 0) is 6.54 Å². The Morgan fingerprint density at radius 3 is 2.44 bits per heavy atom. The van der Waals surface area contributed by atoms with Gasteiger partial charge in [0.2, 0.25) is 0 Å². The number of aromatic nitrogens is 2. The van der Waals surface area contributed by atoms with Gasteiger partial charge in [0.1, 0.15) is 5.69 Å². The predicted molar refractivity (Wildman–Crippen MR) is 72.6 cm³/mol. The number of hydrogen-bond donors (Lipinski definition) is 1. The monoisotopic (exact) mass is 253 g/mol. The minimum atomic E-state index is -0.0724. The molecular weight excluding hydrogens is 230 g/mol. The van der Waals surface area contributed by atoms with Gasteiger partial charge >= 0.3 is 0 Å². The molecule has 0 bridgehead atoms. The Bertz CT molecular complexity index is 424. The summed E-state index contributed by atoms with van der Waals surface area (Å²) in [7, 11) is 5.74. The fourth-order valence-electron chi connectivity index (χ4n) is 1.68. The van der Waals surface area contributed by atoms with Crippen molar-refractivity contribution in [1.82, 2.24) is 19.6 Å². The van der Waals surface area contributed by atoms with Crippen LogP contribution in [0.1, 0.15) is 23.1 Å². The molecule has 6 heteroatoms. The summed E-state index contributed by atoms with van der Waals surface area (Å²) in [5.74, 6) is -0.0724. The maximum atomic E-state index is 12.3. The second-order valence-corrected chi connectivity index (χ2v) is 4.69. The smallest absolute Gasteiger partial charge is 0.274 e. The molecule has 1 aromatic heterocycles. The average Bonchev–Trinajstić information content (AvgIpc) is 2.61. The zero-order chi connectivity index (χ0) is 13.9. The van der Waals surface area contributed by atoms with Crippen LogP contribution in [0.25, 0.3) is 0 Å². The minimum Gasteiger partial charge on any atom is -0.395 e. The SMILES string of the molecule is CCn1nc(C)c(N)c1C(=O)N(C)CCN(C)C. The van der Waals surface area contributed by atoms with Gasteiger partial charge in [0, 0.05) is 26.7 Å². The van der Waals surface area contributed by atoms with E-state index >= 15 is 0 Å². The third kappa shape index (κ3) is 3.01. The van der Waals surface area contributed by atoms with Crippen molar-refractivity contribution in [2.24, 2.45) is 0 Å². The molecule has 0 aliphatic rings. The number of aryl methyl sites for hydroxylation is 2. The summed E-state index contributed by atoms with van der Waals surface area (Å²) in [6.07, 6.45) is 0. The van der Waals surface area contributed by atoms with Gasteiger partial charge in [-0.05, 0) is 27.9 Å². The summed E-state index contributed by atoms with van der Waals surface area (Å²) in [6, 6.07) is 0. The normalized spacial score (nSPS) is 11.0. The Morgan fingerprint density at radius 2 is 1.94 bits per heavy atom. The standard InChI is InChI=1S/C12H23N5O/c1-6-17-11(10(13)9(2)14-17)12(18)16(5)8-7-15(3)4/h6-8,13H2,1-5H3. The van der Waals surface area contributed by atoms with Gasteiger partial charge in [0.05, 0.1) is 11.4 Å². The van der Waals surface area contributed by atoms with Crippen molar-refractivity contribution in [3.63, 3.8) is 0 Å². The number of nitrogens with zero attached hydrogens (tertiary/aromatic N) is 4. The first-order valence-electron chi connectivity index (χ1n) is 6.11. The van der Waals surface area contributed by atoms with E-state index in [0.29, 0.717) is 30.2 Å². The van der Waals surface area contributed by atoms with Crippen LogP contribution in [0.3, 0.4) is 0 Å². The molecule has 0 spiro atoms. The van der Waals surface area contributed by atoms with Gasteiger partial charge in [0.15, 0.2) is 0 Å². The number of nitrogens with two attached hydrogens (primary N) is 1. The lowest BCUT2D eigenvalue weighted by molar-refractivity contribution is 0.0775. The lowest BCUT2D eigenvalue weighted by Crippen LogP contribution is -2.35. The Labute approximate surface area is 108 Å². The molecule has 102 valence electrons. The Hall–Kier alpha value is -1.56. The Morgan fingerprint density at radius 1 is 1.33 bits per heavy atom. The van der Waals surface area contributed by atoms with E-state index in [2.05, 4.69) is 5.10 Å². The highest BCUT2D eigenvalue weighted by molar-refractivity contribution is 5.97. The number of likely N-dealkylation sites (N-methyl/N-ethyl adjacent to an activating group) is 2. The van der Waals surface area contributed by atoms with E-state index < -0.39 is 0 Å². The Kier molecular flexibility index (Phi) is 4.72. The average molecular weight is 253 g/mol.